The molecule has 4 N–H and O–H groups in total. The molecule has 2 rings (SSSR count). The van der Waals surface area contributed by atoms with Gasteiger partial charge in [-0.15, -0.1) is 0 Å². The predicted octanol–water partition coefficient (Wildman–Crippen LogP) is -0.798. The van der Waals surface area contributed by atoms with E-state index >= 15 is 0 Å². The van der Waals surface area contributed by atoms with Crippen LogP contribution in [-0.2, 0) is 9.47 Å². The third-order valence-corrected chi connectivity index (χ3v) is 3.25. The van der Waals surface area contributed by atoms with Crippen LogP contribution in [0.2, 0.25) is 0 Å². The average Bonchev–Trinajstić information content (AvgIpc) is 2.73. The van der Waals surface area contributed by atoms with Crippen molar-refractivity contribution in [2.24, 2.45) is 0 Å². The molecule has 1 amide bonds. The summed E-state index contributed by atoms with van der Waals surface area (Å²) in [5.74, 6) is -0.0303. The highest BCUT2D eigenvalue weighted by atomic mass is 16.6. The van der Waals surface area contributed by atoms with Gasteiger partial charge in [0.25, 0.3) is 0 Å². The fourth-order valence-corrected chi connectivity index (χ4v) is 2.19. The lowest BCUT2D eigenvalue weighted by atomic mass is 10.1. The molecule has 1 aliphatic heterocycles. The van der Waals surface area contributed by atoms with Crippen molar-refractivity contribution >= 4 is 11.9 Å². The highest BCUT2D eigenvalue weighted by molar-refractivity contribution is 5.83. The van der Waals surface area contributed by atoms with E-state index in [4.69, 9.17) is 14.6 Å². The van der Waals surface area contributed by atoms with Gasteiger partial charge in [-0.2, -0.15) is 4.98 Å². The van der Waals surface area contributed by atoms with E-state index in [9.17, 15) is 19.8 Å². The lowest BCUT2D eigenvalue weighted by Crippen LogP contribution is -2.36. The van der Waals surface area contributed by atoms with Gasteiger partial charge in [0.2, 0.25) is 0 Å². The Hall–Kier alpha value is -2.01. The van der Waals surface area contributed by atoms with Gasteiger partial charge in [0.05, 0.1) is 6.61 Å². The summed E-state index contributed by atoms with van der Waals surface area (Å²) >= 11 is 0. The number of amides is 1. The van der Waals surface area contributed by atoms with Crippen molar-refractivity contribution in [3.63, 3.8) is 0 Å². The second-order valence-electron chi connectivity index (χ2n) is 6.36. The van der Waals surface area contributed by atoms with Crippen LogP contribution in [0.4, 0.5) is 10.6 Å². The van der Waals surface area contributed by atoms with E-state index in [1.165, 1.54) is 12.3 Å². The van der Waals surface area contributed by atoms with Crippen LogP contribution in [0, 0.1) is 0 Å². The third kappa shape index (κ3) is 4.09. The van der Waals surface area contributed by atoms with Crippen molar-refractivity contribution in [2.75, 3.05) is 11.9 Å². The predicted molar refractivity (Wildman–Crippen MR) is 81.4 cm³/mol. The Morgan fingerprint density at radius 1 is 1.42 bits per heavy atom. The van der Waals surface area contributed by atoms with Crippen molar-refractivity contribution in [2.45, 2.75) is 50.9 Å². The standard InChI is InChI=1S/C14H21N3O7/c1-14(2,3)24-13(22)16-8-4-5-17(12(21)15-8)11-10(20)9(19)7(6-18)23-11/h4-5,7,9-11,18-20H,6H2,1-3H3,(H,15,16,21,22)/t7-,9+,10?,11-/m1/s1. The van der Waals surface area contributed by atoms with Crippen LogP contribution < -0.4 is 11.0 Å². The summed E-state index contributed by atoms with van der Waals surface area (Å²) in [5.41, 5.74) is -1.51. The zero-order chi connectivity index (χ0) is 18.1. The summed E-state index contributed by atoms with van der Waals surface area (Å²) in [7, 11) is 0. The Balaban J connectivity index is 2.13. The van der Waals surface area contributed by atoms with Crippen LogP contribution in [0.5, 0.6) is 0 Å². The molecule has 24 heavy (non-hydrogen) atoms. The number of aliphatic hydroxyl groups excluding tert-OH is 3. The third-order valence-electron chi connectivity index (χ3n) is 3.25. The molecule has 0 bridgehead atoms. The van der Waals surface area contributed by atoms with Crippen molar-refractivity contribution in [1.82, 2.24) is 9.55 Å². The number of carbonyl (C=O) groups excluding carboxylic acids is 1. The van der Waals surface area contributed by atoms with E-state index in [0.29, 0.717) is 0 Å². The lowest BCUT2D eigenvalue weighted by molar-refractivity contribution is -0.0549. The fourth-order valence-electron chi connectivity index (χ4n) is 2.19. The van der Waals surface area contributed by atoms with Crippen molar-refractivity contribution in [3.05, 3.63) is 22.7 Å². The lowest BCUT2D eigenvalue weighted by Gasteiger charge is -2.20. The maximum Gasteiger partial charge on any atom is 0.413 e. The molecule has 1 unspecified atom stereocenters. The van der Waals surface area contributed by atoms with Gasteiger partial charge in [-0.3, -0.25) is 9.88 Å². The number of carbonyl (C=O) groups is 1. The molecule has 10 nitrogen and oxygen atoms in total. The van der Waals surface area contributed by atoms with Crippen molar-refractivity contribution < 1.29 is 29.6 Å². The molecule has 0 saturated carbocycles. The topological polar surface area (TPSA) is 143 Å². The highest BCUT2D eigenvalue weighted by Crippen LogP contribution is 2.28. The van der Waals surface area contributed by atoms with Crippen LogP contribution in [0.15, 0.2) is 17.1 Å². The summed E-state index contributed by atoms with van der Waals surface area (Å²) in [6.07, 6.45) is -4.43. The van der Waals surface area contributed by atoms with Crippen LogP contribution in [0.3, 0.4) is 0 Å². The first-order chi connectivity index (χ1) is 11.1. The molecular formula is C14H21N3O7. The molecule has 1 fully saturated rings. The summed E-state index contributed by atoms with van der Waals surface area (Å²) < 4.78 is 11.3. The van der Waals surface area contributed by atoms with E-state index < -0.39 is 48.5 Å². The molecule has 134 valence electrons. The Kier molecular flexibility index (Phi) is 5.23. The largest absolute Gasteiger partial charge is 0.444 e. The first kappa shape index (κ1) is 18.3. The smallest absolute Gasteiger partial charge is 0.413 e. The highest BCUT2D eigenvalue weighted by Gasteiger charge is 2.43. The normalized spacial score (nSPS) is 27.1. The summed E-state index contributed by atoms with van der Waals surface area (Å²) in [6.45, 7) is 4.58. The molecule has 1 aromatic heterocycles. The SMILES string of the molecule is CC(C)(C)OC(=O)Nc1ccn([C@@H]2O[C@H](CO)[C@H](O)C2O)c(=O)n1. The Morgan fingerprint density at radius 2 is 2.08 bits per heavy atom. The summed E-state index contributed by atoms with van der Waals surface area (Å²) in [5, 5.41) is 31.0. The number of anilines is 1. The molecule has 1 aliphatic rings. The second kappa shape index (κ2) is 6.85. The minimum atomic E-state index is -1.40. The van der Waals surface area contributed by atoms with Gasteiger partial charge in [-0.25, -0.2) is 9.59 Å². The quantitative estimate of drug-likeness (QED) is 0.559. The van der Waals surface area contributed by atoms with Crippen molar-refractivity contribution in [3.8, 4) is 0 Å². The molecular weight excluding hydrogens is 322 g/mol. The zero-order valence-corrected chi connectivity index (χ0v) is 13.5. The van der Waals surface area contributed by atoms with Gasteiger partial charge in [-0.05, 0) is 26.8 Å². The number of ether oxygens (including phenoxy) is 2. The Morgan fingerprint density at radius 3 is 2.58 bits per heavy atom. The number of nitrogens with zero attached hydrogens (tertiary/aromatic N) is 2. The van der Waals surface area contributed by atoms with Crippen LogP contribution in [0.1, 0.15) is 27.0 Å². The van der Waals surface area contributed by atoms with Crippen LogP contribution in [-0.4, -0.2) is 61.5 Å². The average molecular weight is 343 g/mol. The van der Waals surface area contributed by atoms with Gasteiger partial charge in [-0.1, -0.05) is 0 Å². The van der Waals surface area contributed by atoms with E-state index in [2.05, 4.69) is 10.3 Å². The van der Waals surface area contributed by atoms with E-state index in [1.807, 2.05) is 0 Å². The molecule has 2 heterocycles. The molecule has 10 heteroatoms. The maximum absolute atomic E-state index is 12.1. The second-order valence-corrected chi connectivity index (χ2v) is 6.36. The van der Waals surface area contributed by atoms with Gasteiger partial charge in [0.15, 0.2) is 6.23 Å². The molecule has 0 radical (unpaired) electrons. The van der Waals surface area contributed by atoms with Crippen LogP contribution >= 0.6 is 0 Å². The fraction of sp³-hybridized carbons (Fsp3) is 0.643. The number of rotatable bonds is 3. The minimum Gasteiger partial charge on any atom is -0.444 e. The molecule has 0 aromatic carbocycles. The van der Waals surface area contributed by atoms with E-state index in [0.717, 1.165) is 4.57 Å². The summed E-state index contributed by atoms with van der Waals surface area (Å²) in [4.78, 5) is 27.4. The van der Waals surface area contributed by atoms with Crippen LogP contribution in [0.25, 0.3) is 0 Å². The number of hydrogen-bond donors (Lipinski definition) is 4. The molecule has 1 saturated heterocycles. The minimum absolute atomic E-state index is 0.0303. The molecule has 4 atom stereocenters. The number of aliphatic hydroxyl groups is 3. The molecule has 0 aliphatic carbocycles. The first-order valence-corrected chi connectivity index (χ1v) is 7.34. The first-order valence-electron chi connectivity index (χ1n) is 7.34. The maximum atomic E-state index is 12.1. The Bertz CT molecular complexity index is 655. The van der Waals surface area contributed by atoms with Gasteiger partial charge >= 0.3 is 11.8 Å². The van der Waals surface area contributed by atoms with Gasteiger partial charge in [0.1, 0.15) is 29.7 Å². The molecule has 0 spiro atoms. The Labute approximate surface area is 137 Å². The summed E-state index contributed by atoms with van der Waals surface area (Å²) in [6, 6.07) is 1.32. The monoisotopic (exact) mass is 343 g/mol. The number of nitrogens with one attached hydrogen (secondary N) is 1. The van der Waals surface area contributed by atoms with Crippen molar-refractivity contribution in [1.29, 1.82) is 0 Å². The number of hydrogen-bond acceptors (Lipinski definition) is 8. The van der Waals surface area contributed by atoms with Gasteiger partial charge < -0.3 is 24.8 Å². The van der Waals surface area contributed by atoms with Gasteiger partial charge in [0, 0.05) is 6.20 Å². The van der Waals surface area contributed by atoms with E-state index in [-0.39, 0.29) is 5.82 Å². The van der Waals surface area contributed by atoms with E-state index in [1.54, 1.807) is 20.8 Å². The zero-order valence-electron chi connectivity index (χ0n) is 13.5. The molecule has 1 aromatic rings. The number of aromatic nitrogens is 2.